The highest BCUT2D eigenvalue weighted by Crippen LogP contribution is 2.35. The topological polar surface area (TPSA) is 15.3 Å². The second-order valence-corrected chi connectivity index (χ2v) is 5.94. The van der Waals surface area contributed by atoms with E-state index in [9.17, 15) is 13.2 Å². The maximum absolute atomic E-state index is 14.2. The minimum atomic E-state index is -1.09. The van der Waals surface area contributed by atoms with Gasteiger partial charge >= 0.3 is 0 Å². The lowest BCUT2D eigenvalue weighted by Crippen LogP contribution is -2.45. The summed E-state index contributed by atoms with van der Waals surface area (Å²) in [7, 11) is 0. The zero-order valence-electron chi connectivity index (χ0n) is 12.1. The van der Waals surface area contributed by atoms with Gasteiger partial charge in [-0.05, 0) is 23.6 Å². The number of nitrogens with one attached hydrogen (secondary N) is 1. The molecular weight excluding hydrogens is 368 g/mol. The second kappa shape index (κ2) is 8.89. The zero-order chi connectivity index (χ0) is 14.8. The number of hydrogen-bond donors (Lipinski definition) is 1. The Morgan fingerprint density at radius 3 is 2.26 bits per heavy atom. The second-order valence-electron chi connectivity index (χ2n) is 4.96. The summed E-state index contributed by atoms with van der Waals surface area (Å²) in [5, 5.41) is 5.07. The summed E-state index contributed by atoms with van der Waals surface area (Å²) in [5.41, 5.74) is -0.195. The van der Waals surface area contributed by atoms with Crippen LogP contribution in [0.2, 0.25) is 0 Å². The standard InChI is InChI=1S/C15H15F3N2S.2ClH/c16-10-3-4-11(17)14(18)13(10)15(12-2-1-9-21-12)20-7-5-19-6-8-20;;/h1-4,9,15,19H,5-8H2;2*1H/t15-;;/m1../s1. The van der Waals surface area contributed by atoms with Crippen LogP contribution in [0.4, 0.5) is 13.2 Å². The van der Waals surface area contributed by atoms with Gasteiger partial charge < -0.3 is 5.32 Å². The predicted octanol–water partition coefficient (Wildman–Crippen LogP) is 4.00. The van der Waals surface area contributed by atoms with Gasteiger partial charge in [0.05, 0.1) is 6.04 Å². The van der Waals surface area contributed by atoms with Crippen molar-refractivity contribution in [1.29, 1.82) is 0 Å². The molecule has 2 heterocycles. The lowest BCUT2D eigenvalue weighted by Gasteiger charge is -2.35. The molecule has 1 aliphatic rings. The largest absolute Gasteiger partial charge is 0.314 e. The zero-order valence-corrected chi connectivity index (χ0v) is 14.5. The Labute approximate surface area is 149 Å². The number of piperazine rings is 1. The van der Waals surface area contributed by atoms with Crippen molar-refractivity contribution in [3.05, 3.63) is 57.5 Å². The van der Waals surface area contributed by atoms with E-state index in [0.717, 1.165) is 30.1 Å². The fourth-order valence-corrected chi connectivity index (χ4v) is 3.55. The van der Waals surface area contributed by atoms with E-state index in [1.54, 1.807) is 0 Å². The summed E-state index contributed by atoms with van der Waals surface area (Å²) in [6.07, 6.45) is 0. The molecule has 1 fully saturated rings. The Balaban J connectivity index is 0.00000132. The minimum Gasteiger partial charge on any atom is -0.314 e. The molecule has 2 nitrogen and oxygen atoms in total. The molecule has 3 rings (SSSR count). The van der Waals surface area contributed by atoms with E-state index in [-0.39, 0.29) is 30.4 Å². The fraction of sp³-hybridized carbons (Fsp3) is 0.333. The van der Waals surface area contributed by atoms with Crippen LogP contribution in [0.1, 0.15) is 16.5 Å². The molecule has 1 saturated heterocycles. The molecule has 0 bridgehead atoms. The third kappa shape index (κ3) is 4.19. The average Bonchev–Trinajstić information content (AvgIpc) is 3.02. The van der Waals surface area contributed by atoms with Crippen LogP contribution >= 0.6 is 36.2 Å². The van der Waals surface area contributed by atoms with E-state index in [0.29, 0.717) is 13.1 Å². The summed E-state index contributed by atoms with van der Waals surface area (Å²) in [5.74, 6) is -2.80. The van der Waals surface area contributed by atoms with Gasteiger partial charge in [-0.2, -0.15) is 0 Å². The summed E-state index contributed by atoms with van der Waals surface area (Å²) in [6.45, 7) is 2.83. The van der Waals surface area contributed by atoms with Crippen molar-refractivity contribution in [3.8, 4) is 0 Å². The molecule has 8 heteroatoms. The number of hydrogen-bond acceptors (Lipinski definition) is 3. The molecule has 0 unspecified atom stereocenters. The van der Waals surface area contributed by atoms with Crippen LogP contribution < -0.4 is 5.32 Å². The highest BCUT2D eigenvalue weighted by molar-refractivity contribution is 7.10. The minimum absolute atomic E-state index is 0. The summed E-state index contributed by atoms with van der Waals surface area (Å²) >= 11 is 1.42. The highest BCUT2D eigenvalue weighted by atomic mass is 35.5. The molecule has 1 N–H and O–H groups in total. The summed E-state index contributed by atoms with van der Waals surface area (Å²) in [6, 6.07) is 4.92. The van der Waals surface area contributed by atoms with Gasteiger partial charge in [0.25, 0.3) is 0 Å². The molecule has 1 aliphatic heterocycles. The van der Waals surface area contributed by atoms with Crippen LogP contribution in [0.3, 0.4) is 0 Å². The SMILES string of the molecule is Cl.Cl.Fc1ccc(F)c([C@@H](c2cccs2)N2CCNCC2)c1F. The van der Waals surface area contributed by atoms with Crippen LogP contribution in [0, 0.1) is 17.5 Å². The van der Waals surface area contributed by atoms with Crippen molar-refractivity contribution in [3.63, 3.8) is 0 Å². The number of nitrogens with zero attached hydrogens (tertiary/aromatic N) is 1. The van der Waals surface area contributed by atoms with Crippen LogP contribution in [-0.4, -0.2) is 31.1 Å². The monoisotopic (exact) mass is 384 g/mol. The molecule has 2 aromatic rings. The van der Waals surface area contributed by atoms with Crippen molar-refractivity contribution in [2.45, 2.75) is 6.04 Å². The first-order chi connectivity index (χ1) is 10.2. The first-order valence-electron chi connectivity index (χ1n) is 6.80. The highest BCUT2D eigenvalue weighted by Gasteiger charge is 2.30. The molecule has 1 atom stereocenters. The summed E-state index contributed by atoms with van der Waals surface area (Å²) in [4.78, 5) is 2.81. The molecule has 23 heavy (non-hydrogen) atoms. The third-order valence-corrected chi connectivity index (χ3v) is 4.61. The Kier molecular flexibility index (Phi) is 7.83. The smallest absolute Gasteiger partial charge is 0.166 e. The molecule has 0 amide bonds. The molecule has 1 aromatic carbocycles. The van der Waals surface area contributed by atoms with Crippen molar-refractivity contribution >= 4 is 36.2 Å². The van der Waals surface area contributed by atoms with Gasteiger partial charge in [0.1, 0.15) is 5.82 Å². The maximum Gasteiger partial charge on any atom is 0.166 e. The molecule has 0 spiro atoms. The van der Waals surface area contributed by atoms with Crippen molar-refractivity contribution < 1.29 is 13.2 Å². The molecule has 0 aliphatic carbocycles. The van der Waals surface area contributed by atoms with Gasteiger partial charge in [0, 0.05) is 36.6 Å². The molecule has 0 radical (unpaired) electrons. The van der Waals surface area contributed by atoms with Crippen LogP contribution in [-0.2, 0) is 0 Å². The van der Waals surface area contributed by atoms with E-state index >= 15 is 0 Å². The quantitative estimate of drug-likeness (QED) is 0.804. The Morgan fingerprint density at radius 2 is 1.65 bits per heavy atom. The van der Waals surface area contributed by atoms with E-state index in [4.69, 9.17) is 0 Å². The average molecular weight is 385 g/mol. The van der Waals surface area contributed by atoms with Gasteiger partial charge in [0.2, 0.25) is 0 Å². The fourth-order valence-electron chi connectivity index (χ4n) is 2.69. The molecule has 128 valence electrons. The van der Waals surface area contributed by atoms with Gasteiger partial charge in [-0.15, -0.1) is 36.2 Å². The van der Waals surface area contributed by atoms with Gasteiger partial charge in [-0.1, -0.05) is 6.07 Å². The molecule has 1 aromatic heterocycles. The van der Waals surface area contributed by atoms with E-state index in [1.165, 1.54) is 11.3 Å². The molecular formula is C15H17Cl2F3N2S. The Morgan fingerprint density at radius 1 is 1.00 bits per heavy atom. The van der Waals surface area contributed by atoms with Gasteiger partial charge in [-0.3, -0.25) is 4.90 Å². The first kappa shape index (κ1) is 20.3. The van der Waals surface area contributed by atoms with Crippen LogP contribution in [0.5, 0.6) is 0 Å². The number of thiophene rings is 1. The lowest BCUT2D eigenvalue weighted by atomic mass is 10.0. The Hall–Kier alpha value is -0.790. The predicted molar refractivity (Wildman–Crippen MR) is 91.4 cm³/mol. The van der Waals surface area contributed by atoms with Crippen molar-refractivity contribution in [2.75, 3.05) is 26.2 Å². The van der Waals surface area contributed by atoms with Crippen LogP contribution in [0.15, 0.2) is 29.6 Å². The maximum atomic E-state index is 14.2. The number of rotatable bonds is 3. The van der Waals surface area contributed by atoms with Crippen molar-refractivity contribution in [2.24, 2.45) is 0 Å². The van der Waals surface area contributed by atoms with Gasteiger partial charge in [-0.25, -0.2) is 13.2 Å². The van der Waals surface area contributed by atoms with E-state index in [2.05, 4.69) is 5.32 Å². The van der Waals surface area contributed by atoms with Crippen LogP contribution in [0.25, 0.3) is 0 Å². The summed E-state index contributed by atoms with van der Waals surface area (Å²) < 4.78 is 41.9. The normalized spacial score (nSPS) is 16.3. The lowest BCUT2D eigenvalue weighted by molar-refractivity contribution is 0.193. The van der Waals surface area contributed by atoms with E-state index < -0.39 is 23.5 Å². The number of halogens is 5. The van der Waals surface area contributed by atoms with Gasteiger partial charge in [0.15, 0.2) is 11.6 Å². The third-order valence-electron chi connectivity index (χ3n) is 3.68. The van der Waals surface area contributed by atoms with E-state index in [1.807, 2.05) is 22.4 Å². The van der Waals surface area contributed by atoms with Crippen molar-refractivity contribution in [1.82, 2.24) is 10.2 Å². The number of benzene rings is 1. The Bertz CT molecular complexity index is 619. The first-order valence-corrected chi connectivity index (χ1v) is 7.68. The molecule has 0 saturated carbocycles.